The van der Waals surface area contributed by atoms with Crippen molar-refractivity contribution in [3.8, 4) is 5.75 Å². The second-order valence-electron chi connectivity index (χ2n) is 5.37. The van der Waals surface area contributed by atoms with Gasteiger partial charge in [0.1, 0.15) is 5.75 Å². The molecule has 1 amide bonds. The summed E-state index contributed by atoms with van der Waals surface area (Å²) in [5.74, 6) is -1.24. The topological polar surface area (TPSA) is 95.9 Å². The molecule has 6 nitrogen and oxygen atoms in total. The Kier molecular flexibility index (Phi) is 5.32. The molecule has 1 unspecified atom stereocenters. The van der Waals surface area contributed by atoms with Gasteiger partial charge in [-0.3, -0.25) is 4.79 Å². The van der Waals surface area contributed by atoms with Crippen LogP contribution in [-0.4, -0.2) is 40.8 Å². The predicted octanol–water partition coefficient (Wildman–Crippen LogP) is 0.942. The van der Waals surface area contributed by atoms with E-state index in [-0.39, 0.29) is 13.2 Å². The number of carboxylic acid groups (broad SMARTS) is 1. The number of rotatable bonds is 6. The Morgan fingerprint density at radius 2 is 1.76 bits per heavy atom. The molecule has 21 heavy (non-hydrogen) atoms. The van der Waals surface area contributed by atoms with Gasteiger partial charge in [-0.05, 0) is 38.8 Å². The molecule has 116 valence electrons. The predicted molar refractivity (Wildman–Crippen MR) is 77.4 cm³/mol. The van der Waals surface area contributed by atoms with Crippen molar-refractivity contribution < 1.29 is 24.5 Å². The molecular weight excluding hydrogens is 274 g/mol. The minimum Gasteiger partial charge on any atom is -0.483 e. The highest BCUT2D eigenvalue weighted by Gasteiger charge is 2.30. The van der Waals surface area contributed by atoms with E-state index in [9.17, 15) is 14.7 Å². The summed E-state index contributed by atoms with van der Waals surface area (Å²) in [4.78, 5) is 22.3. The largest absolute Gasteiger partial charge is 0.483 e. The Morgan fingerprint density at radius 3 is 2.24 bits per heavy atom. The van der Waals surface area contributed by atoms with Crippen LogP contribution in [0.2, 0.25) is 0 Å². The van der Waals surface area contributed by atoms with Gasteiger partial charge in [-0.1, -0.05) is 17.7 Å². The van der Waals surface area contributed by atoms with Crippen LogP contribution in [0.15, 0.2) is 12.1 Å². The quantitative estimate of drug-likeness (QED) is 0.726. The molecule has 6 heteroatoms. The molecule has 0 aliphatic carbocycles. The van der Waals surface area contributed by atoms with E-state index < -0.39 is 17.5 Å². The van der Waals surface area contributed by atoms with Crippen molar-refractivity contribution in [3.63, 3.8) is 0 Å². The van der Waals surface area contributed by atoms with Crippen molar-refractivity contribution in [1.29, 1.82) is 0 Å². The lowest BCUT2D eigenvalue weighted by atomic mass is 10.1. The molecule has 1 rings (SSSR count). The van der Waals surface area contributed by atoms with Gasteiger partial charge in [-0.2, -0.15) is 0 Å². The normalized spacial score (nSPS) is 13.4. The van der Waals surface area contributed by atoms with E-state index in [0.717, 1.165) is 23.6 Å². The minimum atomic E-state index is -1.99. The van der Waals surface area contributed by atoms with Gasteiger partial charge in [0, 0.05) is 0 Å². The van der Waals surface area contributed by atoms with E-state index in [1.54, 1.807) is 0 Å². The molecule has 0 bridgehead atoms. The summed E-state index contributed by atoms with van der Waals surface area (Å²) in [7, 11) is 0. The van der Waals surface area contributed by atoms with Crippen molar-refractivity contribution >= 4 is 11.9 Å². The fourth-order valence-corrected chi connectivity index (χ4v) is 1.93. The van der Waals surface area contributed by atoms with Crippen LogP contribution in [0.3, 0.4) is 0 Å². The zero-order chi connectivity index (χ0) is 16.2. The third-order valence-electron chi connectivity index (χ3n) is 3.04. The Balaban J connectivity index is 2.57. The van der Waals surface area contributed by atoms with Crippen LogP contribution in [-0.2, 0) is 9.59 Å². The third-order valence-corrected chi connectivity index (χ3v) is 3.04. The fraction of sp³-hybridized carbons (Fsp3) is 0.467. The van der Waals surface area contributed by atoms with E-state index in [0.29, 0.717) is 5.75 Å². The van der Waals surface area contributed by atoms with Crippen LogP contribution < -0.4 is 10.1 Å². The number of hydrogen-bond donors (Lipinski definition) is 3. The summed E-state index contributed by atoms with van der Waals surface area (Å²) >= 11 is 0. The average molecular weight is 295 g/mol. The molecule has 0 spiro atoms. The summed E-state index contributed by atoms with van der Waals surface area (Å²) in [6.45, 7) is 6.26. The highest BCUT2D eigenvalue weighted by Crippen LogP contribution is 2.24. The van der Waals surface area contributed by atoms with Gasteiger partial charge in [0.05, 0.1) is 6.54 Å². The number of aliphatic carboxylic acids is 1. The first-order valence-corrected chi connectivity index (χ1v) is 6.56. The molecule has 0 aliphatic rings. The smallest absolute Gasteiger partial charge is 0.337 e. The second-order valence-corrected chi connectivity index (χ2v) is 5.37. The second kappa shape index (κ2) is 6.58. The van der Waals surface area contributed by atoms with E-state index in [1.807, 2.05) is 32.9 Å². The highest BCUT2D eigenvalue weighted by molar-refractivity contribution is 5.81. The molecule has 0 fully saturated rings. The number of carbonyl (C=O) groups excluding carboxylic acids is 1. The van der Waals surface area contributed by atoms with E-state index in [1.165, 1.54) is 0 Å². The van der Waals surface area contributed by atoms with Crippen molar-refractivity contribution in [2.75, 3.05) is 13.2 Å². The molecule has 0 aromatic heterocycles. The number of carboxylic acids is 1. The number of aliphatic hydroxyl groups is 1. The summed E-state index contributed by atoms with van der Waals surface area (Å²) in [5, 5.41) is 20.5. The summed E-state index contributed by atoms with van der Waals surface area (Å²) < 4.78 is 5.47. The first-order valence-electron chi connectivity index (χ1n) is 6.56. The van der Waals surface area contributed by atoms with Gasteiger partial charge in [0.25, 0.3) is 5.91 Å². The molecule has 0 saturated carbocycles. The molecule has 1 aromatic carbocycles. The van der Waals surface area contributed by atoms with Crippen molar-refractivity contribution in [2.24, 2.45) is 0 Å². The standard InChI is InChI=1S/C15H21NO5/c1-9-5-10(2)13(11(3)6-9)21-7-12(17)16-8-15(4,20)14(18)19/h5-6,20H,7-8H2,1-4H3,(H,16,17)(H,18,19). The zero-order valence-corrected chi connectivity index (χ0v) is 12.7. The molecule has 0 heterocycles. The van der Waals surface area contributed by atoms with Gasteiger partial charge in [-0.25, -0.2) is 4.79 Å². The van der Waals surface area contributed by atoms with E-state index in [2.05, 4.69) is 5.32 Å². The minimum absolute atomic E-state index is 0.236. The first kappa shape index (κ1) is 17.0. The molecule has 0 saturated heterocycles. The van der Waals surface area contributed by atoms with Gasteiger partial charge in [0.15, 0.2) is 12.2 Å². The fourth-order valence-electron chi connectivity index (χ4n) is 1.93. The number of nitrogens with one attached hydrogen (secondary N) is 1. The Morgan fingerprint density at radius 1 is 1.24 bits per heavy atom. The average Bonchev–Trinajstić information content (AvgIpc) is 2.35. The van der Waals surface area contributed by atoms with Gasteiger partial charge >= 0.3 is 5.97 Å². The molecular formula is C15H21NO5. The van der Waals surface area contributed by atoms with Crippen LogP contribution in [0.5, 0.6) is 5.75 Å². The Bertz CT molecular complexity index is 528. The third kappa shape index (κ3) is 4.75. The van der Waals surface area contributed by atoms with Crippen LogP contribution in [0, 0.1) is 20.8 Å². The molecule has 3 N–H and O–H groups in total. The van der Waals surface area contributed by atoms with Gasteiger partial charge in [-0.15, -0.1) is 0 Å². The molecule has 1 aromatic rings. The van der Waals surface area contributed by atoms with Crippen LogP contribution in [0.1, 0.15) is 23.6 Å². The van der Waals surface area contributed by atoms with E-state index >= 15 is 0 Å². The lowest BCUT2D eigenvalue weighted by Crippen LogP contribution is -2.47. The van der Waals surface area contributed by atoms with Gasteiger partial charge in [0.2, 0.25) is 0 Å². The maximum Gasteiger partial charge on any atom is 0.337 e. The summed E-state index contributed by atoms with van der Waals surface area (Å²) in [6, 6.07) is 3.91. The lowest BCUT2D eigenvalue weighted by Gasteiger charge is -2.18. The summed E-state index contributed by atoms with van der Waals surface area (Å²) in [5.41, 5.74) is 0.973. The van der Waals surface area contributed by atoms with Crippen molar-refractivity contribution in [3.05, 3.63) is 28.8 Å². The van der Waals surface area contributed by atoms with Crippen LogP contribution in [0.25, 0.3) is 0 Å². The number of aryl methyl sites for hydroxylation is 3. The summed E-state index contributed by atoms with van der Waals surface area (Å²) in [6.07, 6.45) is 0. The number of ether oxygens (including phenoxy) is 1. The monoisotopic (exact) mass is 295 g/mol. The maximum absolute atomic E-state index is 11.6. The number of hydrogen-bond acceptors (Lipinski definition) is 4. The van der Waals surface area contributed by atoms with Crippen molar-refractivity contribution in [2.45, 2.75) is 33.3 Å². The number of amides is 1. The maximum atomic E-state index is 11.6. The van der Waals surface area contributed by atoms with Crippen LogP contribution >= 0.6 is 0 Å². The SMILES string of the molecule is Cc1cc(C)c(OCC(=O)NCC(C)(O)C(=O)O)c(C)c1. The zero-order valence-electron chi connectivity index (χ0n) is 12.7. The van der Waals surface area contributed by atoms with Gasteiger partial charge < -0.3 is 20.3 Å². The highest BCUT2D eigenvalue weighted by atomic mass is 16.5. The first-order chi connectivity index (χ1) is 9.63. The molecule has 1 atom stereocenters. The number of benzene rings is 1. The van der Waals surface area contributed by atoms with Crippen molar-refractivity contribution in [1.82, 2.24) is 5.32 Å². The Labute approximate surface area is 123 Å². The molecule has 0 aliphatic heterocycles. The Hall–Kier alpha value is -2.08. The molecule has 0 radical (unpaired) electrons. The lowest BCUT2D eigenvalue weighted by molar-refractivity contribution is -0.156. The van der Waals surface area contributed by atoms with Crippen LogP contribution in [0.4, 0.5) is 0 Å². The number of carbonyl (C=O) groups is 2. The van der Waals surface area contributed by atoms with E-state index in [4.69, 9.17) is 9.84 Å².